The Morgan fingerprint density at radius 1 is 1.40 bits per heavy atom. The quantitative estimate of drug-likeness (QED) is 0.865. The lowest BCUT2D eigenvalue weighted by atomic mass is 9.91. The summed E-state index contributed by atoms with van der Waals surface area (Å²) in [4.78, 5) is 0. The summed E-state index contributed by atoms with van der Waals surface area (Å²) in [6, 6.07) is 3.80. The first kappa shape index (κ1) is 15.4. The van der Waals surface area contributed by atoms with Crippen LogP contribution in [0, 0.1) is 17.6 Å². The zero-order valence-corrected chi connectivity index (χ0v) is 12.2. The van der Waals surface area contributed by atoms with Gasteiger partial charge in [-0.25, -0.2) is 8.78 Å². The number of hydrogen-bond donors (Lipinski definition) is 1. The van der Waals surface area contributed by atoms with Crippen LogP contribution in [0.3, 0.4) is 0 Å². The Labute approximate surface area is 119 Å². The molecule has 3 unspecified atom stereocenters. The second kappa shape index (κ2) is 7.14. The topological polar surface area (TPSA) is 21.3 Å². The summed E-state index contributed by atoms with van der Waals surface area (Å²) >= 11 is 0. The van der Waals surface area contributed by atoms with Crippen LogP contribution in [0.2, 0.25) is 0 Å². The Morgan fingerprint density at radius 2 is 2.20 bits per heavy atom. The van der Waals surface area contributed by atoms with Crippen molar-refractivity contribution in [3.63, 3.8) is 0 Å². The molecule has 1 aromatic rings. The van der Waals surface area contributed by atoms with Crippen LogP contribution in [0.25, 0.3) is 0 Å². The Kier molecular flexibility index (Phi) is 5.49. The zero-order chi connectivity index (χ0) is 14.5. The molecule has 2 nitrogen and oxygen atoms in total. The first-order chi connectivity index (χ1) is 9.60. The highest BCUT2D eigenvalue weighted by Crippen LogP contribution is 2.25. The van der Waals surface area contributed by atoms with Crippen LogP contribution in [0.5, 0.6) is 0 Å². The second-order valence-electron chi connectivity index (χ2n) is 5.64. The van der Waals surface area contributed by atoms with E-state index in [-0.39, 0.29) is 23.8 Å². The van der Waals surface area contributed by atoms with Gasteiger partial charge in [0.2, 0.25) is 0 Å². The maximum Gasteiger partial charge on any atom is 0.126 e. The first-order valence-electron chi connectivity index (χ1n) is 7.39. The van der Waals surface area contributed by atoms with Crippen molar-refractivity contribution in [1.29, 1.82) is 0 Å². The number of ether oxygens (including phenoxy) is 1. The minimum atomic E-state index is -0.383. The molecule has 2 rings (SSSR count). The fraction of sp³-hybridized carbons (Fsp3) is 0.625. The molecule has 112 valence electrons. The van der Waals surface area contributed by atoms with Gasteiger partial charge in [0.1, 0.15) is 11.6 Å². The normalized spacial score (nSPS) is 24.0. The highest BCUT2D eigenvalue weighted by Gasteiger charge is 2.29. The van der Waals surface area contributed by atoms with Crippen molar-refractivity contribution in [1.82, 2.24) is 5.32 Å². The molecule has 0 radical (unpaired) electrons. The van der Waals surface area contributed by atoms with E-state index in [4.69, 9.17) is 4.74 Å². The molecular weight excluding hydrogens is 260 g/mol. The molecule has 0 spiro atoms. The van der Waals surface area contributed by atoms with Gasteiger partial charge >= 0.3 is 0 Å². The molecule has 0 amide bonds. The van der Waals surface area contributed by atoms with E-state index in [2.05, 4.69) is 19.2 Å². The Morgan fingerprint density at radius 3 is 2.85 bits per heavy atom. The van der Waals surface area contributed by atoms with E-state index in [9.17, 15) is 8.78 Å². The zero-order valence-electron chi connectivity index (χ0n) is 12.2. The van der Waals surface area contributed by atoms with E-state index in [1.807, 2.05) is 0 Å². The lowest BCUT2D eigenvalue weighted by Crippen LogP contribution is -2.39. The molecule has 0 aromatic heterocycles. The third-order valence-corrected chi connectivity index (χ3v) is 3.90. The van der Waals surface area contributed by atoms with E-state index in [0.717, 1.165) is 25.5 Å². The summed E-state index contributed by atoms with van der Waals surface area (Å²) in [6.07, 6.45) is 2.75. The molecule has 20 heavy (non-hydrogen) atoms. The largest absolute Gasteiger partial charge is 0.378 e. The van der Waals surface area contributed by atoms with Gasteiger partial charge in [0, 0.05) is 12.0 Å². The van der Waals surface area contributed by atoms with E-state index < -0.39 is 0 Å². The summed E-state index contributed by atoms with van der Waals surface area (Å²) in [5, 5.41) is 3.46. The van der Waals surface area contributed by atoms with Gasteiger partial charge in [-0.1, -0.05) is 6.92 Å². The smallest absolute Gasteiger partial charge is 0.126 e. The molecule has 1 fully saturated rings. The van der Waals surface area contributed by atoms with Crippen molar-refractivity contribution >= 4 is 0 Å². The Bertz CT molecular complexity index is 438. The SMILES string of the molecule is CCCNC(Cc1cc(F)ccc1F)C1COC(C)C1. The van der Waals surface area contributed by atoms with Crippen molar-refractivity contribution in [3.05, 3.63) is 35.4 Å². The van der Waals surface area contributed by atoms with Gasteiger partial charge in [-0.3, -0.25) is 0 Å². The number of benzene rings is 1. The summed E-state index contributed by atoms with van der Waals surface area (Å²) < 4.78 is 32.7. The van der Waals surface area contributed by atoms with E-state index in [1.165, 1.54) is 12.1 Å². The minimum absolute atomic E-state index is 0.135. The van der Waals surface area contributed by atoms with Gasteiger partial charge in [0.05, 0.1) is 12.7 Å². The van der Waals surface area contributed by atoms with Gasteiger partial charge in [-0.2, -0.15) is 0 Å². The molecule has 0 aliphatic carbocycles. The van der Waals surface area contributed by atoms with Crippen LogP contribution in [0.4, 0.5) is 8.78 Å². The van der Waals surface area contributed by atoms with Crippen LogP contribution in [-0.4, -0.2) is 25.3 Å². The Hall–Kier alpha value is -1.00. The minimum Gasteiger partial charge on any atom is -0.378 e. The van der Waals surface area contributed by atoms with Gasteiger partial charge in [0.15, 0.2) is 0 Å². The number of halogens is 2. The predicted molar refractivity (Wildman–Crippen MR) is 75.7 cm³/mol. The summed E-state index contributed by atoms with van der Waals surface area (Å²) in [5.74, 6) is -0.354. The molecule has 1 saturated heterocycles. The molecule has 4 heteroatoms. The van der Waals surface area contributed by atoms with Gasteiger partial charge in [-0.05, 0) is 56.5 Å². The van der Waals surface area contributed by atoms with Crippen LogP contribution in [0.1, 0.15) is 32.3 Å². The lowest BCUT2D eigenvalue weighted by molar-refractivity contribution is 0.116. The molecule has 1 heterocycles. The fourth-order valence-electron chi connectivity index (χ4n) is 2.80. The third kappa shape index (κ3) is 4.00. The second-order valence-corrected chi connectivity index (χ2v) is 5.64. The van der Waals surface area contributed by atoms with Crippen LogP contribution in [-0.2, 0) is 11.2 Å². The number of hydrogen-bond acceptors (Lipinski definition) is 2. The van der Waals surface area contributed by atoms with Gasteiger partial charge in [-0.15, -0.1) is 0 Å². The first-order valence-corrected chi connectivity index (χ1v) is 7.39. The highest BCUT2D eigenvalue weighted by molar-refractivity contribution is 5.20. The number of nitrogens with one attached hydrogen (secondary N) is 1. The molecule has 1 aliphatic rings. The van der Waals surface area contributed by atoms with E-state index >= 15 is 0 Å². The molecule has 0 bridgehead atoms. The predicted octanol–water partition coefficient (Wildman–Crippen LogP) is 3.30. The third-order valence-electron chi connectivity index (χ3n) is 3.90. The average Bonchev–Trinajstić information content (AvgIpc) is 2.85. The molecule has 0 saturated carbocycles. The Balaban J connectivity index is 2.08. The van der Waals surface area contributed by atoms with Crippen LogP contribution < -0.4 is 5.32 Å². The summed E-state index contributed by atoms with van der Waals surface area (Å²) in [6.45, 7) is 5.73. The molecule has 3 atom stereocenters. The van der Waals surface area contributed by atoms with Crippen molar-refractivity contribution in [3.8, 4) is 0 Å². The van der Waals surface area contributed by atoms with Crippen LogP contribution in [0.15, 0.2) is 18.2 Å². The van der Waals surface area contributed by atoms with Crippen molar-refractivity contribution < 1.29 is 13.5 Å². The molecular formula is C16H23F2NO. The summed E-state index contributed by atoms with van der Waals surface area (Å²) in [7, 11) is 0. The van der Waals surface area contributed by atoms with E-state index in [0.29, 0.717) is 24.5 Å². The van der Waals surface area contributed by atoms with Crippen molar-refractivity contribution in [2.75, 3.05) is 13.2 Å². The standard InChI is InChI=1S/C16H23F2NO/c1-3-6-19-16(13-7-11(2)20-10-13)9-12-8-14(17)4-5-15(12)18/h4-5,8,11,13,16,19H,3,6-7,9-10H2,1-2H3. The monoisotopic (exact) mass is 283 g/mol. The van der Waals surface area contributed by atoms with Crippen molar-refractivity contribution in [2.45, 2.75) is 45.3 Å². The average molecular weight is 283 g/mol. The maximum atomic E-state index is 13.8. The molecule has 1 aliphatic heterocycles. The molecule has 1 aromatic carbocycles. The molecule has 1 N–H and O–H groups in total. The fourth-order valence-corrected chi connectivity index (χ4v) is 2.80. The highest BCUT2D eigenvalue weighted by atomic mass is 19.1. The summed E-state index contributed by atoms with van der Waals surface area (Å²) in [5.41, 5.74) is 0.443. The van der Waals surface area contributed by atoms with Crippen molar-refractivity contribution in [2.24, 2.45) is 5.92 Å². The van der Waals surface area contributed by atoms with Gasteiger partial charge in [0.25, 0.3) is 0 Å². The number of rotatable bonds is 6. The van der Waals surface area contributed by atoms with Crippen LogP contribution >= 0.6 is 0 Å². The van der Waals surface area contributed by atoms with E-state index in [1.54, 1.807) is 0 Å². The maximum absolute atomic E-state index is 13.8. The van der Waals surface area contributed by atoms with Gasteiger partial charge < -0.3 is 10.1 Å². The lowest BCUT2D eigenvalue weighted by Gasteiger charge is -2.24.